The Morgan fingerprint density at radius 3 is 2.55 bits per heavy atom. The maximum atomic E-state index is 13.3. The molecule has 2 aliphatic rings. The number of hydrogen-bond donors (Lipinski definition) is 1. The van der Waals surface area contributed by atoms with Crippen molar-refractivity contribution in [3.63, 3.8) is 0 Å². The number of rotatable bonds is 6. The Kier molecular flexibility index (Phi) is 5.85. The number of para-hydroxylation sites is 1. The highest BCUT2D eigenvalue weighted by Crippen LogP contribution is 2.39. The quantitative estimate of drug-likeness (QED) is 0.737. The summed E-state index contributed by atoms with van der Waals surface area (Å²) in [6.07, 6.45) is 7.51. The molecule has 2 heterocycles. The first-order valence-corrected chi connectivity index (χ1v) is 11.5. The van der Waals surface area contributed by atoms with Gasteiger partial charge in [0.05, 0.1) is 23.0 Å². The third-order valence-corrected chi connectivity index (χ3v) is 6.62. The lowest BCUT2D eigenvalue weighted by atomic mass is 9.81. The van der Waals surface area contributed by atoms with Gasteiger partial charge in [-0.15, -0.1) is 0 Å². The van der Waals surface area contributed by atoms with E-state index in [0.717, 1.165) is 31.1 Å². The highest BCUT2D eigenvalue weighted by Gasteiger charge is 2.51. The minimum absolute atomic E-state index is 0.169. The van der Waals surface area contributed by atoms with Crippen LogP contribution in [0.3, 0.4) is 0 Å². The van der Waals surface area contributed by atoms with Gasteiger partial charge in [-0.25, -0.2) is 0 Å². The topological polar surface area (TPSA) is 79.4 Å². The lowest BCUT2D eigenvalue weighted by Gasteiger charge is -2.26. The minimum Gasteiger partial charge on any atom is -0.322 e. The summed E-state index contributed by atoms with van der Waals surface area (Å²) >= 11 is 1.60. The van der Waals surface area contributed by atoms with E-state index in [2.05, 4.69) is 10.3 Å². The monoisotopic (exact) mass is 411 g/mol. The van der Waals surface area contributed by atoms with Crippen molar-refractivity contribution in [1.29, 1.82) is 0 Å². The molecule has 7 heteroatoms. The second-order valence-electron chi connectivity index (χ2n) is 7.71. The molecule has 2 fully saturated rings. The van der Waals surface area contributed by atoms with Gasteiger partial charge in [0.1, 0.15) is 6.04 Å². The maximum absolute atomic E-state index is 13.3. The zero-order valence-electron chi connectivity index (χ0n) is 16.5. The van der Waals surface area contributed by atoms with Crippen molar-refractivity contribution in [3.8, 4) is 0 Å². The number of carbonyl (C=O) groups excluding carboxylic acids is 3. The fourth-order valence-corrected chi connectivity index (χ4v) is 4.98. The van der Waals surface area contributed by atoms with E-state index in [1.807, 2.05) is 30.5 Å². The zero-order valence-corrected chi connectivity index (χ0v) is 17.3. The van der Waals surface area contributed by atoms with Crippen LogP contribution in [-0.2, 0) is 14.4 Å². The second-order valence-corrected chi connectivity index (χ2v) is 8.70. The number of aromatic nitrogens is 1. The van der Waals surface area contributed by atoms with Crippen molar-refractivity contribution in [2.45, 2.75) is 38.1 Å². The molecular weight excluding hydrogens is 386 g/mol. The summed E-state index contributed by atoms with van der Waals surface area (Å²) in [5.41, 5.74) is 1.29. The number of thioether (sulfide) groups is 1. The first-order valence-electron chi connectivity index (χ1n) is 10.1. The number of fused-ring (bicyclic) bond motifs is 2. The van der Waals surface area contributed by atoms with Crippen molar-refractivity contribution < 1.29 is 14.4 Å². The number of amides is 3. The summed E-state index contributed by atoms with van der Waals surface area (Å²) in [4.78, 5) is 45.0. The van der Waals surface area contributed by atoms with Crippen molar-refractivity contribution in [2.75, 3.05) is 17.3 Å². The molecule has 4 rings (SSSR count). The van der Waals surface area contributed by atoms with E-state index >= 15 is 0 Å². The van der Waals surface area contributed by atoms with Crippen LogP contribution in [0.2, 0.25) is 0 Å². The van der Waals surface area contributed by atoms with Gasteiger partial charge in [-0.2, -0.15) is 11.8 Å². The molecule has 3 atom stereocenters. The van der Waals surface area contributed by atoms with Crippen molar-refractivity contribution in [1.82, 2.24) is 9.88 Å². The van der Waals surface area contributed by atoms with Gasteiger partial charge in [0.25, 0.3) is 0 Å². The Morgan fingerprint density at radius 2 is 1.86 bits per heavy atom. The van der Waals surface area contributed by atoms with Gasteiger partial charge in [-0.05, 0) is 43.4 Å². The fourth-order valence-electron chi connectivity index (χ4n) is 4.52. The number of nitrogens with zero attached hydrogens (tertiary/aromatic N) is 2. The Morgan fingerprint density at radius 1 is 1.17 bits per heavy atom. The number of anilines is 1. The van der Waals surface area contributed by atoms with Gasteiger partial charge in [-0.1, -0.05) is 31.0 Å². The standard InChI is InChI=1S/C22H25N3O3S/c1-29-13-11-18(25-21(27)15-8-2-3-9-16(15)22(25)28)20(26)24-17-10-4-6-14-7-5-12-23-19(14)17/h4-7,10,12,15-16,18H,2-3,8-9,11,13H2,1H3,(H,24,26)/t15-,16-,18-/m1/s1. The number of nitrogens with one attached hydrogen (secondary N) is 1. The molecule has 0 spiro atoms. The molecule has 6 nitrogen and oxygen atoms in total. The summed E-state index contributed by atoms with van der Waals surface area (Å²) in [6, 6.07) is 8.58. The van der Waals surface area contributed by atoms with E-state index in [4.69, 9.17) is 0 Å². The highest BCUT2D eigenvalue weighted by molar-refractivity contribution is 7.98. The molecule has 1 saturated carbocycles. The minimum atomic E-state index is -0.785. The van der Waals surface area contributed by atoms with Gasteiger partial charge in [0.2, 0.25) is 17.7 Å². The third kappa shape index (κ3) is 3.75. The van der Waals surface area contributed by atoms with Crippen LogP contribution in [0.15, 0.2) is 36.5 Å². The molecule has 1 N–H and O–H groups in total. The number of imide groups is 1. The fraction of sp³-hybridized carbons (Fsp3) is 0.455. The Hall–Kier alpha value is -2.41. The smallest absolute Gasteiger partial charge is 0.247 e. The van der Waals surface area contributed by atoms with Crippen LogP contribution in [-0.4, -0.2) is 45.7 Å². The van der Waals surface area contributed by atoms with E-state index in [9.17, 15) is 14.4 Å². The Balaban J connectivity index is 1.61. The molecular formula is C22H25N3O3S. The predicted molar refractivity (Wildman–Crippen MR) is 114 cm³/mol. The second kappa shape index (κ2) is 8.53. The van der Waals surface area contributed by atoms with Gasteiger partial charge < -0.3 is 5.32 Å². The number of hydrogen-bond acceptors (Lipinski definition) is 5. The first-order chi connectivity index (χ1) is 14.1. The molecule has 0 radical (unpaired) electrons. The molecule has 0 unspecified atom stereocenters. The average molecular weight is 412 g/mol. The molecule has 3 amide bonds. The molecule has 1 aromatic heterocycles. The molecule has 1 aliphatic heterocycles. The molecule has 2 aromatic rings. The number of likely N-dealkylation sites (tertiary alicyclic amines) is 1. The summed E-state index contributed by atoms with van der Waals surface area (Å²) in [5, 5.41) is 3.86. The zero-order chi connectivity index (χ0) is 20.4. The van der Waals surface area contributed by atoms with Crippen LogP contribution < -0.4 is 5.32 Å². The summed E-state index contributed by atoms with van der Waals surface area (Å²) in [6.45, 7) is 0. The molecule has 1 aliphatic carbocycles. The largest absolute Gasteiger partial charge is 0.322 e. The number of pyridine rings is 1. The van der Waals surface area contributed by atoms with Gasteiger partial charge in [-0.3, -0.25) is 24.3 Å². The number of carbonyl (C=O) groups is 3. The van der Waals surface area contributed by atoms with E-state index in [1.165, 1.54) is 4.90 Å². The molecule has 1 saturated heterocycles. The normalized spacial score (nSPS) is 22.6. The summed E-state index contributed by atoms with van der Waals surface area (Å²) in [7, 11) is 0. The maximum Gasteiger partial charge on any atom is 0.247 e. The molecule has 152 valence electrons. The molecule has 1 aromatic carbocycles. The predicted octanol–water partition coefficient (Wildman–Crippen LogP) is 3.47. The van der Waals surface area contributed by atoms with Crippen LogP contribution >= 0.6 is 11.8 Å². The molecule has 29 heavy (non-hydrogen) atoms. The van der Waals surface area contributed by atoms with Crippen molar-refractivity contribution >= 4 is 46.1 Å². The third-order valence-electron chi connectivity index (χ3n) is 5.98. The SMILES string of the molecule is CSCC[C@H](C(=O)Nc1cccc2cccnc12)N1C(=O)[C@@H]2CCCC[C@H]2C1=O. The summed E-state index contributed by atoms with van der Waals surface area (Å²) in [5.74, 6) is -0.468. The summed E-state index contributed by atoms with van der Waals surface area (Å²) < 4.78 is 0. The Labute approximate surface area is 174 Å². The number of benzene rings is 1. The van der Waals surface area contributed by atoms with Crippen molar-refractivity contribution in [3.05, 3.63) is 36.5 Å². The van der Waals surface area contributed by atoms with Crippen molar-refractivity contribution in [2.24, 2.45) is 11.8 Å². The van der Waals surface area contributed by atoms with E-state index < -0.39 is 6.04 Å². The van der Waals surface area contributed by atoms with Gasteiger partial charge in [0, 0.05) is 11.6 Å². The van der Waals surface area contributed by atoms with Crippen LogP contribution in [0.4, 0.5) is 5.69 Å². The highest BCUT2D eigenvalue weighted by atomic mass is 32.2. The first kappa shape index (κ1) is 19.9. The Bertz CT molecular complexity index is 919. The van der Waals surface area contributed by atoms with E-state index in [1.54, 1.807) is 24.0 Å². The van der Waals surface area contributed by atoms with Crippen LogP contribution in [0.1, 0.15) is 32.1 Å². The lowest BCUT2D eigenvalue weighted by Crippen LogP contribution is -2.48. The van der Waals surface area contributed by atoms with E-state index in [-0.39, 0.29) is 29.6 Å². The molecule has 0 bridgehead atoms. The van der Waals surface area contributed by atoms with Gasteiger partial charge >= 0.3 is 0 Å². The van der Waals surface area contributed by atoms with E-state index in [0.29, 0.717) is 23.4 Å². The van der Waals surface area contributed by atoms with Crippen LogP contribution in [0, 0.1) is 11.8 Å². The van der Waals surface area contributed by atoms with Gasteiger partial charge in [0.15, 0.2) is 0 Å². The lowest BCUT2D eigenvalue weighted by molar-refractivity contribution is -0.146. The average Bonchev–Trinajstić information content (AvgIpc) is 3.00. The van der Waals surface area contributed by atoms with Crippen LogP contribution in [0.5, 0.6) is 0 Å². The van der Waals surface area contributed by atoms with Crippen LogP contribution in [0.25, 0.3) is 10.9 Å².